The van der Waals surface area contributed by atoms with Crippen molar-refractivity contribution in [3.05, 3.63) is 48.6 Å². The normalized spacial score (nSPS) is 12.4. The molecule has 2 heteroatoms. The lowest BCUT2D eigenvalue weighted by Gasteiger charge is -2.09. The fourth-order valence-corrected chi connectivity index (χ4v) is 1.10. The highest BCUT2D eigenvalue weighted by Crippen LogP contribution is 2.03. The van der Waals surface area contributed by atoms with Gasteiger partial charge in [0.05, 0.1) is 19.8 Å². The number of hydrogen-bond acceptors (Lipinski definition) is 2. The van der Waals surface area contributed by atoms with Crippen molar-refractivity contribution >= 4 is 0 Å². The number of hydrogen-bond donors (Lipinski definition) is 1. The van der Waals surface area contributed by atoms with Gasteiger partial charge in [-0.05, 0) is 5.56 Å². The summed E-state index contributed by atoms with van der Waals surface area (Å²) < 4.78 is 5.43. The van der Waals surface area contributed by atoms with Gasteiger partial charge in [-0.2, -0.15) is 0 Å². The van der Waals surface area contributed by atoms with Crippen LogP contribution < -0.4 is 0 Å². The van der Waals surface area contributed by atoms with Gasteiger partial charge in [0.2, 0.25) is 0 Å². The summed E-state index contributed by atoms with van der Waals surface area (Å²) in [6.07, 6.45) is 1.71. The first-order chi connectivity index (χ1) is 6.86. The Bertz CT molecular complexity index is 256. The minimum atomic E-state index is 0.0405. The lowest BCUT2D eigenvalue weighted by molar-refractivity contribution is 0.0791. The van der Waals surface area contributed by atoms with E-state index in [1.165, 1.54) is 0 Å². The predicted octanol–water partition coefficient (Wildman–Crippen LogP) is 2.00. The second-order valence-electron chi connectivity index (χ2n) is 3.18. The van der Waals surface area contributed by atoms with E-state index in [4.69, 9.17) is 9.84 Å². The topological polar surface area (TPSA) is 29.5 Å². The quantitative estimate of drug-likeness (QED) is 0.698. The molecule has 0 saturated heterocycles. The van der Waals surface area contributed by atoms with E-state index in [9.17, 15) is 0 Å². The molecule has 1 N–H and O–H groups in total. The molecule has 0 aliphatic rings. The van der Waals surface area contributed by atoms with E-state index < -0.39 is 0 Å². The van der Waals surface area contributed by atoms with E-state index >= 15 is 0 Å². The van der Waals surface area contributed by atoms with Crippen LogP contribution in [0.5, 0.6) is 0 Å². The molecule has 1 unspecified atom stereocenters. The summed E-state index contributed by atoms with van der Waals surface area (Å²) in [5.74, 6) is 0.0405. The number of benzene rings is 1. The van der Waals surface area contributed by atoms with Crippen molar-refractivity contribution in [1.29, 1.82) is 0 Å². The van der Waals surface area contributed by atoms with Crippen LogP contribution in [0.4, 0.5) is 0 Å². The van der Waals surface area contributed by atoms with Crippen LogP contribution in [0.2, 0.25) is 0 Å². The van der Waals surface area contributed by atoms with Gasteiger partial charge in [-0.25, -0.2) is 0 Å². The monoisotopic (exact) mass is 192 g/mol. The third-order valence-electron chi connectivity index (χ3n) is 2.01. The first-order valence-electron chi connectivity index (χ1n) is 4.72. The predicted molar refractivity (Wildman–Crippen MR) is 56.9 cm³/mol. The van der Waals surface area contributed by atoms with Crippen molar-refractivity contribution in [2.24, 2.45) is 5.92 Å². The van der Waals surface area contributed by atoms with E-state index in [1.807, 2.05) is 30.3 Å². The van der Waals surface area contributed by atoms with Crippen molar-refractivity contribution in [2.45, 2.75) is 6.61 Å². The Morgan fingerprint density at radius 1 is 1.36 bits per heavy atom. The van der Waals surface area contributed by atoms with Crippen molar-refractivity contribution in [1.82, 2.24) is 0 Å². The van der Waals surface area contributed by atoms with Crippen molar-refractivity contribution in [3.8, 4) is 0 Å². The molecule has 2 nitrogen and oxygen atoms in total. The molecule has 0 amide bonds. The van der Waals surface area contributed by atoms with Gasteiger partial charge in [-0.1, -0.05) is 36.4 Å². The minimum Gasteiger partial charge on any atom is -0.396 e. The molecule has 0 heterocycles. The molecule has 0 fully saturated rings. The van der Waals surface area contributed by atoms with Gasteiger partial charge in [0.1, 0.15) is 0 Å². The summed E-state index contributed by atoms with van der Waals surface area (Å²) in [6.45, 7) is 4.82. The van der Waals surface area contributed by atoms with Crippen LogP contribution in [-0.4, -0.2) is 18.3 Å². The average molecular weight is 192 g/mol. The summed E-state index contributed by atoms with van der Waals surface area (Å²) in [7, 11) is 0. The van der Waals surface area contributed by atoms with Crippen LogP contribution >= 0.6 is 0 Å². The molecule has 0 aliphatic heterocycles. The van der Waals surface area contributed by atoms with Crippen LogP contribution in [0.1, 0.15) is 5.56 Å². The summed E-state index contributed by atoms with van der Waals surface area (Å²) in [5.41, 5.74) is 1.15. The van der Waals surface area contributed by atoms with Crippen LogP contribution in [0.3, 0.4) is 0 Å². The highest BCUT2D eigenvalue weighted by molar-refractivity contribution is 5.13. The summed E-state index contributed by atoms with van der Waals surface area (Å²) >= 11 is 0. The van der Waals surface area contributed by atoms with Crippen LogP contribution in [0.25, 0.3) is 0 Å². The van der Waals surface area contributed by atoms with Crippen molar-refractivity contribution in [2.75, 3.05) is 13.2 Å². The fourth-order valence-electron chi connectivity index (χ4n) is 1.10. The first kappa shape index (κ1) is 11.0. The lowest BCUT2D eigenvalue weighted by Crippen LogP contribution is -2.10. The summed E-state index contributed by atoms with van der Waals surface area (Å²) in [4.78, 5) is 0. The van der Waals surface area contributed by atoms with Gasteiger partial charge in [0, 0.05) is 5.92 Å². The van der Waals surface area contributed by atoms with Gasteiger partial charge in [0.25, 0.3) is 0 Å². The minimum absolute atomic E-state index is 0.0405. The molecule has 0 radical (unpaired) electrons. The summed E-state index contributed by atoms with van der Waals surface area (Å²) in [6, 6.07) is 9.97. The van der Waals surface area contributed by atoms with Gasteiger partial charge >= 0.3 is 0 Å². The molecule has 1 aromatic rings. The van der Waals surface area contributed by atoms with Gasteiger partial charge in [-0.3, -0.25) is 0 Å². The maximum atomic E-state index is 8.87. The third kappa shape index (κ3) is 3.73. The number of ether oxygens (including phenoxy) is 1. The zero-order valence-corrected chi connectivity index (χ0v) is 8.23. The number of aliphatic hydroxyl groups is 1. The van der Waals surface area contributed by atoms with Crippen LogP contribution in [-0.2, 0) is 11.3 Å². The van der Waals surface area contributed by atoms with Gasteiger partial charge < -0.3 is 9.84 Å². The maximum absolute atomic E-state index is 8.87. The SMILES string of the molecule is C=CC(CO)COCc1ccccc1. The zero-order valence-electron chi connectivity index (χ0n) is 8.23. The lowest BCUT2D eigenvalue weighted by atomic mass is 10.2. The molecule has 0 spiro atoms. The molecule has 76 valence electrons. The van der Waals surface area contributed by atoms with E-state index in [0.717, 1.165) is 5.56 Å². The highest BCUT2D eigenvalue weighted by Gasteiger charge is 2.01. The molecule has 0 saturated carbocycles. The molecule has 0 aromatic heterocycles. The molecule has 14 heavy (non-hydrogen) atoms. The fraction of sp³-hybridized carbons (Fsp3) is 0.333. The Balaban J connectivity index is 2.25. The largest absolute Gasteiger partial charge is 0.396 e. The van der Waals surface area contributed by atoms with Crippen LogP contribution in [0, 0.1) is 5.92 Å². The second-order valence-corrected chi connectivity index (χ2v) is 3.18. The molecule has 1 rings (SSSR count). The average Bonchev–Trinajstić information content (AvgIpc) is 2.26. The Labute approximate surface area is 84.8 Å². The van der Waals surface area contributed by atoms with Gasteiger partial charge in [-0.15, -0.1) is 6.58 Å². The number of rotatable bonds is 6. The summed E-state index contributed by atoms with van der Waals surface area (Å²) in [5, 5.41) is 8.87. The second kappa shape index (κ2) is 6.35. The van der Waals surface area contributed by atoms with E-state index in [0.29, 0.717) is 13.2 Å². The third-order valence-corrected chi connectivity index (χ3v) is 2.01. The molecule has 0 aliphatic carbocycles. The maximum Gasteiger partial charge on any atom is 0.0717 e. The van der Waals surface area contributed by atoms with E-state index in [-0.39, 0.29) is 12.5 Å². The van der Waals surface area contributed by atoms with Crippen molar-refractivity contribution in [3.63, 3.8) is 0 Å². The van der Waals surface area contributed by atoms with E-state index in [1.54, 1.807) is 6.08 Å². The zero-order chi connectivity index (χ0) is 10.2. The Kier molecular flexibility index (Phi) is 4.97. The highest BCUT2D eigenvalue weighted by atomic mass is 16.5. The van der Waals surface area contributed by atoms with Crippen LogP contribution in [0.15, 0.2) is 43.0 Å². The standard InChI is InChI=1S/C12H16O2/c1-2-11(8-13)9-14-10-12-6-4-3-5-7-12/h2-7,11,13H,1,8-10H2. The molecule has 0 bridgehead atoms. The molecular weight excluding hydrogens is 176 g/mol. The van der Waals surface area contributed by atoms with Gasteiger partial charge in [0.15, 0.2) is 0 Å². The first-order valence-corrected chi connectivity index (χ1v) is 4.72. The smallest absolute Gasteiger partial charge is 0.0717 e. The van der Waals surface area contributed by atoms with E-state index in [2.05, 4.69) is 6.58 Å². The molecule has 1 atom stereocenters. The number of aliphatic hydroxyl groups excluding tert-OH is 1. The Morgan fingerprint density at radius 3 is 2.64 bits per heavy atom. The van der Waals surface area contributed by atoms with Crippen molar-refractivity contribution < 1.29 is 9.84 Å². The Hall–Kier alpha value is -1.12. The molecular formula is C12H16O2. The Morgan fingerprint density at radius 2 is 2.07 bits per heavy atom. The molecule has 1 aromatic carbocycles.